The molecule has 0 aliphatic rings. The van der Waals surface area contributed by atoms with Gasteiger partial charge in [0.15, 0.2) is 0 Å². The average Bonchev–Trinajstić information content (AvgIpc) is 2.85. The van der Waals surface area contributed by atoms with Crippen molar-refractivity contribution < 1.29 is 9.18 Å². The van der Waals surface area contributed by atoms with Crippen LogP contribution in [-0.2, 0) is 6.54 Å². The molecule has 1 heterocycles. The van der Waals surface area contributed by atoms with Crippen LogP contribution in [0.2, 0.25) is 0 Å². The van der Waals surface area contributed by atoms with E-state index in [0.717, 1.165) is 0 Å². The molecule has 1 atom stereocenters. The first-order valence-corrected chi connectivity index (χ1v) is 6.26. The van der Waals surface area contributed by atoms with Gasteiger partial charge >= 0.3 is 0 Å². The van der Waals surface area contributed by atoms with Crippen molar-refractivity contribution in [2.75, 3.05) is 0 Å². The second kappa shape index (κ2) is 5.88. The number of hydrogen-bond donors (Lipinski definition) is 2. The zero-order valence-electron chi connectivity index (χ0n) is 10.4. The fourth-order valence-corrected chi connectivity index (χ4v) is 1.93. The second-order valence-corrected chi connectivity index (χ2v) is 4.78. The number of imidazole rings is 1. The van der Waals surface area contributed by atoms with Crippen LogP contribution < -0.4 is 5.32 Å². The molecule has 4 nitrogen and oxygen atoms in total. The smallest absolute Gasteiger partial charge is 0.251 e. The molecule has 1 unspecified atom stereocenters. The summed E-state index contributed by atoms with van der Waals surface area (Å²) >= 11 is 3.96. The van der Waals surface area contributed by atoms with Crippen LogP contribution in [0.1, 0.15) is 17.3 Å². The summed E-state index contributed by atoms with van der Waals surface area (Å²) in [7, 11) is 0. The first kappa shape index (κ1) is 13.6. The van der Waals surface area contributed by atoms with Gasteiger partial charge in [0.2, 0.25) is 0 Å². The molecule has 1 aromatic carbocycles. The minimum Gasteiger partial charge on any atom is -0.348 e. The van der Waals surface area contributed by atoms with Gasteiger partial charge in [-0.15, -0.1) is 12.6 Å². The first-order valence-electron chi connectivity index (χ1n) is 5.81. The largest absolute Gasteiger partial charge is 0.348 e. The van der Waals surface area contributed by atoms with Crippen molar-refractivity contribution in [2.24, 2.45) is 0 Å². The number of thiol groups is 1. The van der Waals surface area contributed by atoms with Gasteiger partial charge in [0.05, 0.1) is 6.33 Å². The van der Waals surface area contributed by atoms with E-state index < -0.39 is 5.82 Å². The van der Waals surface area contributed by atoms with Crippen LogP contribution in [0.15, 0.2) is 41.8 Å². The maximum Gasteiger partial charge on any atom is 0.251 e. The van der Waals surface area contributed by atoms with Crippen LogP contribution in [0.3, 0.4) is 0 Å². The third-order valence-corrected chi connectivity index (χ3v) is 2.97. The minimum absolute atomic E-state index is 0.0601. The Balaban J connectivity index is 1.98. The van der Waals surface area contributed by atoms with Gasteiger partial charge in [0.25, 0.3) is 5.91 Å². The predicted octanol–water partition coefficient (Wildman–Crippen LogP) is 2.13. The van der Waals surface area contributed by atoms with Gasteiger partial charge in [-0.1, -0.05) is 0 Å². The van der Waals surface area contributed by atoms with Crippen LogP contribution in [-0.4, -0.2) is 21.5 Å². The Bertz CT molecular complexity index is 571. The number of hydrogen-bond acceptors (Lipinski definition) is 3. The van der Waals surface area contributed by atoms with Crippen molar-refractivity contribution in [3.63, 3.8) is 0 Å². The SMILES string of the molecule is CC(Cn1ccnc1)NC(=O)c1ccc(F)c(S)c1. The fourth-order valence-electron chi connectivity index (χ4n) is 1.72. The second-order valence-electron chi connectivity index (χ2n) is 4.30. The van der Waals surface area contributed by atoms with E-state index in [-0.39, 0.29) is 16.8 Å². The zero-order chi connectivity index (χ0) is 13.8. The number of nitrogens with zero attached hydrogens (tertiary/aromatic N) is 2. The van der Waals surface area contributed by atoms with Gasteiger partial charge in [-0.2, -0.15) is 0 Å². The van der Waals surface area contributed by atoms with Crippen molar-refractivity contribution in [1.82, 2.24) is 14.9 Å². The number of aromatic nitrogens is 2. The van der Waals surface area contributed by atoms with E-state index in [1.54, 1.807) is 12.5 Å². The Morgan fingerprint density at radius 1 is 1.58 bits per heavy atom. The van der Waals surface area contributed by atoms with E-state index in [1.807, 2.05) is 17.7 Å². The molecule has 0 aliphatic heterocycles. The molecule has 2 rings (SSSR count). The highest BCUT2D eigenvalue weighted by Crippen LogP contribution is 2.14. The van der Waals surface area contributed by atoms with Crippen LogP contribution in [0, 0.1) is 5.82 Å². The lowest BCUT2D eigenvalue weighted by Gasteiger charge is -2.14. The summed E-state index contributed by atoms with van der Waals surface area (Å²) in [5, 5.41) is 2.84. The van der Waals surface area contributed by atoms with Crippen molar-refractivity contribution in [3.8, 4) is 0 Å². The normalized spacial score (nSPS) is 12.2. The molecule has 1 aromatic heterocycles. The minimum atomic E-state index is -0.439. The van der Waals surface area contributed by atoms with Crippen molar-refractivity contribution in [3.05, 3.63) is 48.3 Å². The molecule has 100 valence electrons. The molecule has 0 fully saturated rings. The number of halogens is 1. The maximum absolute atomic E-state index is 13.1. The first-order chi connectivity index (χ1) is 9.06. The van der Waals surface area contributed by atoms with Crippen molar-refractivity contribution >= 4 is 18.5 Å². The standard InChI is InChI=1S/C13H14FN3OS/c1-9(7-17-5-4-15-8-17)16-13(18)10-2-3-11(14)12(19)6-10/h2-6,8-9,19H,7H2,1H3,(H,16,18). The van der Waals surface area contributed by atoms with Crippen LogP contribution >= 0.6 is 12.6 Å². The molecule has 0 saturated heterocycles. The van der Waals surface area contributed by atoms with E-state index in [0.29, 0.717) is 12.1 Å². The van der Waals surface area contributed by atoms with Crippen molar-refractivity contribution in [1.29, 1.82) is 0 Å². The Morgan fingerprint density at radius 3 is 3.00 bits per heavy atom. The molecule has 19 heavy (non-hydrogen) atoms. The highest BCUT2D eigenvalue weighted by molar-refractivity contribution is 7.80. The summed E-state index contributed by atoms with van der Waals surface area (Å²) in [6, 6.07) is 4.03. The highest BCUT2D eigenvalue weighted by Gasteiger charge is 2.11. The van der Waals surface area contributed by atoms with E-state index in [4.69, 9.17) is 0 Å². The summed E-state index contributed by atoms with van der Waals surface area (Å²) in [4.78, 5) is 16.0. The number of carbonyl (C=O) groups is 1. The summed E-state index contributed by atoms with van der Waals surface area (Å²) in [6.07, 6.45) is 5.19. The molecule has 1 N–H and O–H groups in total. The Labute approximate surface area is 116 Å². The molecule has 0 radical (unpaired) electrons. The maximum atomic E-state index is 13.1. The lowest BCUT2D eigenvalue weighted by molar-refractivity contribution is 0.0936. The fraction of sp³-hybridized carbons (Fsp3) is 0.231. The third-order valence-electron chi connectivity index (χ3n) is 2.63. The summed E-state index contributed by atoms with van der Waals surface area (Å²) in [5.74, 6) is -0.686. The molecule has 0 bridgehead atoms. The number of benzene rings is 1. The van der Waals surface area contributed by atoms with Gasteiger partial charge in [0.1, 0.15) is 5.82 Å². The monoisotopic (exact) mass is 279 g/mol. The van der Waals surface area contributed by atoms with Crippen molar-refractivity contribution in [2.45, 2.75) is 24.4 Å². The molecule has 2 aromatic rings. The number of nitrogens with one attached hydrogen (secondary N) is 1. The van der Waals surface area contributed by atoms with Gasteiger partial charge in [-0.25, -0.2) is 9.37 Å². The predicted molar refractivity (Wildman–Crippen MR) is 72.8 cm³/mol. The number of carbonyl (C=O) groups excluding carboxylic acids is 1. The Kier molecular flexibility index (Phi) is 4.21. The average molecular weight is 279 g/mol. The summed E-state index contributed by atoms with van der Waals surface area (Å²) in [6.45, 7) is 2.52. The van der Waals surface area contributed by atoms with Crippen LogP contribution in [0.25, 0.3) is 0 Å². The van der Waals surface area contributed by atoms with Gasteiger partial charge in [0, 0.05) is 35.4 Å². The number of amides is 1. The van der Waals surface area contributed by atoms with Crippen LogP contribution in [0.5, 0.6) is 0 Å². The Hall–Kier alpha value is -1.82. The summed E-state index contributed by atoms with van der Waals surface area (Å²) < 4.78 is 14.9. The van der Waals surface area contributed by atoms with Gasteiger partial charge in [-0.05, 0) is 25.1 Å². The summed E-state index contributed by atoms with van der Waals surface area (Å²) in [5.41, 5.74) is 0.392. The number of rotatable bonds is 4. The molecule has 0 aliphatic carbocycles. The quantitative estimate of drug-likeness (QED) is 0.842. The molecule has 0 spiro atoms. The molecule has 0 saturated carbocycles. The molecular formula is C13H14FN3OS. The lowest BCUT2D eigenvalue weighted by atomic mass is 10.2. The van der Waals surface area contributed by atoms with Gasteiger partial charge < -0.3 is 9.88 Å². The Morgan fingerprint density at radius 2 is 2.37 bits per heavy atom. The van der Waals surface area contributed by atoms with Gasteiger partial charge in [-0.3, -0.25) is 4.79 Å². The van der Waals surface area contributed by atoms with E-state index in [9.17, 15) is 9.18 Å². The zero-order valence-corrected chi connectivity index (χ0v) is 11.3. The van der Waals surface area contributed by atoms with E-state index >= 15 is 0 Å². The molecular weight excluding hydrogens is 265 g/mol. The molecule has 1 amide bonds. The lowest BCUT2D eigenvalue weighted by Crippen LogP contribution is -2.35. The molecule has 6 heteroatoms. The topological polar surface area (TPSA) is 46.9 Å². The van der Waals surface area contributed by atoms with Crippen LogP contribution in [0.4, 0.5) is 4.39 Å². The van der Waals surface area contributed by atoms with E-state index in [1.165, 1.54) is 18.2 Å². The third kappa shape index (κ3) is 3.57. The highest BCUT2D eigenvalue weighted by atomic mass is 32.1. The van der Waals surface area contributed by atoms with E-state index in [2.05, 4.69) is 22.9 Å².